The number of nitrogens with one attached hydrogen (secondary N) is 1. The van der Waals surface area contributed by atoms with Gasteiger partial charge in [-0.3, -0.25) is 4.79 Å². The second-order valence-electron chi connectivity index (χ2n) is 3.95. The van der Waals surface area contributed by atoms with Crippen molar-refractivity contribution < 1.29 is 22.7 Å². The highest BCUT2D eigenvalue weighted by atomic mass is 19.3. The SMILES string of the molecule is CC(CN)C(=O)NCc1c(F)cccc1OC(F)F. The van der Waals surface area contributed by atoms with Crippen LogP contribution in [0.5, 0.6) is 5.75 Å². The number of carbonyl (C=O) groups excluding carboxylic acids is 1. The van der Waals surface area contributed by atoms with Crippen molar-refractivity contribution in [2.75, 3.05) is 6.54 Å². The van der Waals surface area contributed by atoms with Gasteiger partial charge in [0.1, 0.15) is 11.6 Å². The molecule has 1 unspecified atom stereocenters. The summed E-state index contributed by atoms with van der Waals surface area (Å²) in [5.41, 5.74) is 5.18. The lowest BCUT2D eigenvalue weighted by Gasteiger charge is -2.14. The predicted octanol–water partition coefficient (Wildman–Crippen LogP) is 1.64. The molecule has 0 aliphatic heterocycles. The molecule has 1 aromatic carbocycles. The lowest BCUT2D eigenvalue weighted by atomic mass is 10.1. The zero-order valence-corrected chi connectivity index (χ0v) is 10.3. The minimum atomic E-state index is -3.06. The number of carbonyl (C=O) groups is 1. The molecule has 1 aromatic rings. The van der Waals surface area contributed by atoms with E-state index in [1.54, 1.807) is 6.92 Å². The predicted molar refractivity (Wildman–Crippen MR) is 63.1 cm³/mol. The summed E-state index contributed by atoms with van der Waals surface area (Å²) in [7, 11) is 0. The average Bonchev–Trinajstić information content (AvgIpc) is 2.36. The molecular weight excluding hydrogens is 261 g/mol. The summed E-state index contributed by atoms with van der Waals surface area (Å²) in [6, 6.07) is 3.57. The molecule has 0 aliphatic carbocycles. The molecule has 0 saturated carbocycles. The van der Waals surface area contributed by atoms with Crippen LogP contribution in [0.3, 0.4) is 0 Å². The summed E-state index contributed by atoms with van der Waals surface area (Å²) >= 11 is 0. The molecule has 0 saturated heterocycles. The first kappa shape index (κ1) is 15.3. The molecule has 19 heavy (non-hydrogen) atoms. The second kappa shape index (κ2) is 6.98. The van der Waals surface area contributed by atoms with E-state index < -0.39 is 18.3 Å². The first-order valence-electron chi connectivity index (χ1n) is 5.65. The molecule has 1 rings (SSSR count). The number of nitrogens with two attached hydrogens (primary N) is 1. The van der Waals surface area contributed by atoms with E-state index in [1.165, 1.54) is 12.1 Å². The number of benzene rings is 1. The maximum absolute atomic E-state index is 13.5. The highest BCUT2D eigenvalue weighted by Gasteiger charge is 2.16. The molecule has 7 heteroatoms. The Morgan fingerprint density at radius 2 is 2.16 bits per heavy atom. The van der Waals surface area contributed by atoms with Crippen LogP contribution in [-0.4, -0.2) is 19.1 Å². The molecule has 3 N–H and O–H groups in total. The van der Waals surface area contributed by atoms with Gasteiger partial charge in [-0.15, -0.1) is 0 Å². The van der Waals surface area contributed by atoms with E-state index in [2.05, 4.69) is 10.1 Å². The standard InChI is InChI=1S/C12H15F3N2O2/c1-7(5-16)11(18)17-6-8-9(13)3-2-4-10(8)19-12(14)15/h2-4,7,12H,5-6,16H2,1H3,(H,17,18). The third-order valence-corrected chi connectivity index (χ3v) is 2.53. The van der Waals surface area contributed by atoms with Crippen LogP contribution in [0.15, 0.2) is 18.2 Å². The number of alkyl halides is 2. The Kier molecular flexibility index (Phi) is 5.62. The third kappa shape index (κ3) is 4.44. The molecule has 0 aliphatic rings. The van der Waals surface area contributed by atoms with Crippen molar-refractivity contribution in [3.8, 4) is 5.75 Å². The molecule has 0 fully saturated rings. The minimum Gasteiger partial charge on any atom is -0.434 e. The molecule has 1 atom stereocenters. The Labute approximate surface area is 108 Å². The summed E-state index contributed by atoms with van der Waals surface area (Å²) in [5.74, 6) is -1.84. The van der Waals surface area contributed by atoms with E-state index >= 15 is 0 Å². The summed E-state index contributed by atoms with van der Waals surface area (Å²) < 4.78 is 42.1. The number of ether oxygens (including phenoxy) is 1. The highest BCUT2D eigenvalue weighted by Crippen LogP contribution is 2.23. The van der Waals surface area contributed by atoms with Crippen LogP contribution >= 0.6 is 0 Å². The van der Waals surface area contributed by atoms with Crippen molar-refractivity contribution >= 4 is 5.91 Å². The number of amides is 1. The van der Waals surface area contributed by atoms with Gasteiger partial charge in [0.15, 0.2) is 0 Å². The zero-order chi connectivity index (χ0) is 14.4. The van der Waals surface area contributed by atoms with Crippen LogP contribution in [0.25, 0.3) is 0 Å². The molecule has 0 spiro atoms. The summed E-state index contributed by atoms with van der Waals surface area (Å²) in [6.45, 7) is -1.55. The van der Waals surface area contributed by atoms with E-state index in [0.717, 1.165) is 6.07 Å². The molecule has 0 heterocycles. The molecule has 0 bridgehead atoms. The van der Waals surface area contributed by atoms with Gasteiger partial charge in [0.05, 0.1) is 0 Å². The van der Waals surface area contributed by atoms with Crippen molar-refractivity contribution in [2.24, 2.45) is 11.7 Å². The normalized spacial score (nSPS) is 12.3. The maximum Gasteiger partial charge on any atom is 0.387 e. The smallest absolute Gasteiger partial charge is 0.387 e. The molecular formula is C12H15F3N2O2. The largest absolute Gasteiger partial charge is 0.434 e. The monoisotopic (exact) mass is 276 g/mol. The van der Waals surface area contributed by atoms with Gasteiger partial charge in [-0.1, -0.05) is 13.0 Å². The first-order chi connectivity index (χ1) is 8.95. The van der Waals surface area contributed by atoms with Crippen molar-refractivity contribution in [3.63, 3.8) is 0 Å². The van der Waals surface area contributed by atoms with Crippen LogP contribution in [-0.2, 0) is 11.3 Å². The van der Waals surface area contributed by atoms with E-state index in [0.29, 0.717) is 0 Å². The molecule has 0 aromatic heterocycles. The molecule has 0 radical (unpaired) electrons. The van der Waals surface area contributed by atoms with Crippen molar-refractivity contribution in [3.05, 3.63) is 29.6 Å². The van der Waals surface area contributed by atoms with E-state index in [1.807, 2.05) is 0 Å². The van der Waals surface area contributed by atoms with Crippen LogP contribution < -0.4 is 15.8 Å². The summed E-state index contributed by atoms with van der Waals surface area (Å²) in [6.07, 6.45) is 0. The zero-order valence-electron chi connectivity index (χ0n) is 10.3. The second-order valence-corrected chi connectivity index (χ2v) is 3.95. The van der Waals surface area contributed by atoms with Gasteiger partial charge in [0, 0.05) is 24.6 Å². The van der Waals surface area contributed by atoms with Gasteiger partial charge in [-0.05, 0) is 12.1 Å². The van der Waals surface area contributed by atoms with Crippen LogP contribution in [0.4, 0.5) is 13.2 Å². The van der Waals surface area contributed by atoms with Gasteiger partial charge in [0.2, 0.25) is 5.91 Å². The van der Waals surface area contributed by atoms with E-state index in [4.69, 9.17) is 5.73 Å². The summed E-state index contributed by atoms with van der Waals surface area (Å²) in [4.78, 5) is 11.5. The Balaban J connectivity index is 2.79. The van der Waals surface area contributed by atoms with Crippen molar-refractivity contribution in [1.29, 1.82) is 0 Å². The Morgan fingerprint density at radius 1 is 1.47 bits per heavy atom. The van der Waals surface area contributed by atoms with Gasteiger partial charge >= 0.3 is 6.61 Å². The lowest BCUT2D eigenvalue weighted by molar-refractivity contribution is -0.124. The third-order valence-electron chi connectivity index (χ3n) is 2.53. The lowest BCUT2D eigenvalue weighted by Crippen LogP contribution is -2.33. The van der Waals surface area contributed by atoms with Gasteiger partial charge in [0.25, 0.3) is 0 Å². The Hall–Kier alpha value is -1.76. The number of rotatable bonds is 6. The van der Waals surface area contributed by atoms with Crippen LogP contribution in [0.2, 0.25) is 0 Å². The minimum absolute atomic E-state index is 0.125. The van der Waals surface area contributed by atoms with Crippen molar-refractivity contribution in [2.45, 2.75) is 20.1 Å². The Bertz CT molecular complexity index is 441. The molecule has 4 nitrogen and oxygen atoms in total. The highest BCUT2D eigenvalue weighted by molar-refractivity contribution is 5.78. The molecule has 1 amide bonds. The molecule has 106 valence electrons. The van der Waals surface area contributed by atoms with Gasteiger partial charge in [-0.2, -0.15) is 8.78 Å². The van der Waals surface area contributed by atoms with Gasteiger partial charge in [-0.25, -0.2) is 4.39 Å². The van der Waals surface area contributed by atoms with Crippen LogP contribution in [0, 0.1) is 11.7 Å². The average molecular weight is 276 g/mol. The van der Waals surface area contributed by atoms with E-state index in [9.17, 15) is 18.0 Å². The topological polar surface area (TPSA) is 64.4 Å². The van der Waals surface area contributed by atoms with Gasteiger partial charge < -0.3 is 15.8 Å². The number of hydrogen-bond donors (Lipinski definition) is 2. The Morgan fingerprint density at radius 3 is 2.74 bits per heavy atom. The first-order valence-corrected chi connectivity index (χ1v) is 5.65. The quantitative estimate of drug-likeness (QED) is 0.830. The van der Waals surface area contributed by atoms with Crippen molar-refractivity contribution in [1.82, 2.24) is 5.32 Å². The summed E-state index contributed by atoms with van der Waals surface area (Å²) in [5, 5.41) is 2.42. The fraction of sp³-hybridized carbons (Fsp3) is 0.417. The van der Waals surface area contributed by atoms with E-state index in [-0.39, 0.29) is 30.3 Å². The van der Waals surface area contributed by atoms with Crippen LogP contribution in [0.1, 0.15) is 12.5 Å². The maximum atomic E-state index is 13.5. The number of halogens is 3. The number of hydrogen-bond acceptors (Lipinski definition) is 3. The fourth-order valence-electron chi connectivity index (χ4n) is 1.37. The fourth-order valence-corrected chi connectivity index (χ4v) is 1.37.